The quantitative estimate of drug-likeness (QED) is 0.345. The van der Waals surface area contributed by atoms with Crippen LogP contribution < -0.4 is 0 Å². The van der Waals surface area contributed by atoms with E-state index in [1.54, 1.807) is 0 Å². The van der Waals surface area contributed by atoms with Crippen molar-refractivity contribution >= 4 is 0 Å². The summed E-state index contributed by atoms with van der Waals surface area (Å²) in [6.45, 7) is 8.83. The molecule has 0 saturated heterocycles. The van der Waals surface area contributed by atoms with Gasteiger partial charge in [-0.3, -0.25) is 0 Å². The zero-order valence-corrected chi connectivity index (χ0v) is 14.8. The Labute approximate surface area is 136 Å². The van der Waals surface area contributed by atoms with Gasteiger partial charge in [0.25, 0.3) is 0 Å². The summed E-state index contributed by atoms with van der Waals surface area (Å²) in [6, 6.07) is 3.58. The molecular formula is C18H32N4. The molecular weight excluding hydrogens is 272 g/mol. The summed E-state index contributed by atoms with van der Waals surface area (Å²) >= 11 is 0. The number of unbranched alkanes of at least 4 members (excludes halogenated alkanes) is 2. The van der Waals surface area contributed by atoms with Gasteiger partial charge in [0.05, 0.1) is 12.1 Å². The Morgan fingerprint density at radius 3 is 1.23 bits per heavy atom. The van der Waals surface area contributed by atoms with E-state index < -0.39 is 12.1 Å². The summed E-state index contributed by atoms with van der Waals surface area (Å²) < 4.78 is 0. The van der Waals surface area contributed by atoms with E-state index in [0.29, 0.717) is 11.8 Å². The van der Waals surface area contributed by atoms with Gasteiger partial charge in [0.1, 0.15) is 0 Å². The Kier molecular flexibility index (Phi) is 12.4. The SMILES string of the molecule is CC(C)CCCCC(C#N)N=NC(C#N)CCCCC(C)C. The number of azo groups is 1. The van der Waals surface area contributed by atoms with Crippen LogP contribution in [-0.2, 0) is 0 Å². The summed E-state index contributed by atoms with van der Waals surface area (Å²) in [6.07, 6.45) is 8.13. The molecule has 0 amide bonds. The lowest BCUT2D eigenvalue weighted by molar-refractivity contribution is 0.502. The molecule has 0 N–H and O–H groups in total. The van der Waals surface area contributed by atoms with Gasteiger partial charge in [-0.05, 0) is 24.7 Å². The highest BCUT2D eigenvalue weighted by Crippen LogP contribution is 2.14. The smallest absolute Gasteiger partial charge is 0.157 e. The molecule has 2 unspecified atom stereocenters. The van der Waals surface area contributed by atoms with E-state index in [2.05, 4.69) is 50.1 Å². The summed E-state index contributed by atoms with van der Waals surface area (Å²) in [4.78, 5) is 0. The fourth-order valence-electron chi connectivity index (χ4n) is 2.24. The maximum Gasteiger partial charge on any atom is 0.157 e. The lowest BCUT2D eigenvalue weighted by Crippen LogP contribution is -2.05. The fourth-order valence-corrected chi connectivity index (χ4v) is 2.24. The van der Waals surface area contributed by atoms with Crippen LogP contribution in [0.3, 0.4) is 0 Å². The van der Waals surface area contributed by atoms with E-state index in [1.807, 2.05) is 0 Å². The molecule has 124 valence electrons. The first-order chi connectivity index (χ1) is 10.5. The van der Waals surface area contributed by atoms with Crippen LogP contribution in [0.25, 0.3) is 0 Å². The lowest BCUT2D eigenvalue weighted by Gasteiger charge is -2.07. The van der Waals surface area contributed by atoms with Crippen LogP contribution in [0, 0.1) is 34.5 Å². The summed E-state index contributed by atoms with van der Waals surface area (Å²) in [5.41, 5.74) is 0. The molecule has 2 atom stereocenters. The first kappa shape index (κ1) is 20.6. The molecule has 0 saturated carbocycles. The van der Waals surface area contributed by atoms with Crippen LogP contribution in [0.15, 0.2) is 10.2 Å². The monoisotopic (exact) mass is 304 g/mol. The Bertz CT molecular complexity index is 338. The number of hydrogen-bond acceptors (Lipinski definition) is 4. The minimum Gasteiger partial charge on any atom is -0.196 e. The van der Waals surface area contributed by atoms with E-state index >= 15 is 0 Å². The van der Waals surface area contributed by atoms with Gasteiger partial charge in [-0.25, -0.2) is 0 Å². The predicted molar refractivity (Wildman–Crippen MR) is 90.3 cm³/mol. The van der Waals surface area contributed by atoms with Crippen molar-refractivity contribution in [2.24, 2.45) is 22.1 Å². The van der Waals surface area contributed by atoms with Gasteiger partial charge in [0.2, 0.25) is 0 Å². The number of rotatable bonds is 12. The maximum atomic E-state index is 9.11. The Morgan fingerprint density at radius 2 is 0.955 bits per heavy atom. The van der Waals surface area contributed by atoms with Crippen molar-refractivity contribution < 1.29 is 0 Å². The molecule has 0 rings (SSSR count). The van der Waals surface area contributed by atoms with Crippen LogP contribution in [0.5, 0.6) is 0 Å². The first-order valence-electron chi connectivity index (χ1n) is 8.68. The van der Waals surface area contributed by atoms with Gasteiger partial charge >= 0.3 is 0 Å². The normalized spacial score (nSPS) is 14.2. The van der Waals surface area contributed by atoms with Crippen molar-refractivity contribution in [3.8, 4) is 12.1 Å². The number of hydrogen-bond donors (Lipinski definition) is 0. The fraction of sp³-hybridized carbons (Fsp3) is 0.889. The molecule has 4 nitrogen and oxygen atoms in total. The highest BCUT2D eigenvalue weighted by molar-refractivity contribution is 4.92. The van der Waals surface area contributed by atoms with Gasteiger partial charge < -0.3 is 0 Å². The van der Waals surface area contributed by atoms with Crippen LogP contribution in [-0.4, -0.2) is 12.1 Å². The van der Waals surface area contributed by atoms with Crippen LogP contribution >= 0.6 is 0 Å². The van der Waals surface area contributed by atoms with E-state index in [0.717, 1.165) is 38.5 Å². The van der Waals surface area contributed by atoms with E-state index in [1.165, 1.54) is 12.8 Å². The van der Waals surface area contributed by atoms with Crippen molar-refractivity contribution in [1.82, 2.24) is 0 Å². The molecule has 0 fully saturated rings. The molecule has 0 aromatic rings. The van der Waals surface area contributed by atoms with Crippen LogP contribution in [0.4, 0.5) is 0 Å². The summed E-state index contributed by atoms with van der Waals surface area (Å²) in [5.74, 6) is 1.41. The van der Waals surface area contributed by atoms with Gasteiger partial charge in [-0.1, -0.05) is 66.2 Å². The molecule has 0 heterocycles. The second-order valence-corrected chi connectivity index (χ2v) is 6.88. The topological polar surface area (TPSA) is 72.3 Å². The van der Waals surface area contributed by atoms with Gasteiger partial charge in [0.15, 0.2) is 12.1 Å². The highest BCUT2D eigenvalue weighted by Gasteiger charge is 2.09. The highest BCUT2D eigenvalue weighted by atomic mass is 15.1. The first-order valence-corrected chi connectivity index (χ1v) is 8.68. The minimum atomic E-state index is -0.390. The van der Waals surface area contributed by atoms with Crippen molar-refractivity contribution in [1.29, 1.82) is 10.5 Å². The number of nitrogens with zero attached hydrogens (tertiary/aromatic N) is 4. The van der Waals surface area contributed by atoms with Crippen molar-refractivity contribution in [3.05, 3.63) is 0 Å². The average Bonchev–Trinajstić information content (AvgIpc) is 2.47. The second-order valence-electron chi connectivity index (χ2n) is 6.88. The molecule has 0 aliphatic heterocycles. The predicted octanol–water partition coefficient (Wildman–Crippen LogP) is 5.66. The minimum absolute atomic E-state index is 0.390. The summed E-state index contributed by atoms with van der Waals surface area (Å²) in [7, 11) is 0. The molecule has 0 spiro atoms. The molecule has 22 heavy (non-hydrogen) atoms. The zero-order valence-electron chi connectivity index (χ0n) is 14.8. The van der Waals surface area contributed by atoms with Gasteiger partial charge in [0, 0.05) is 0 Å². The lowest BCUT2D eigenvalue weighted by atomic mass is 10.0. The van der Waals surface area contributed by atoms with Crippen molar-refractivity contribution in [2.45, 2.75) is 91.1 Å². The van der Waals surface area contributed by atoms with E-state index in [-0.39, 0.29) is 0 Å². The average molecular weight is 304 g/mol. The molecule has 0 aromatic carbocycles. The van der Waals surface area contributed by atoms with E-state index in [4.69, 9.17) is 10.5 Å². The molecule has 0 radical (unpaired) electrons. The van der Waals surface area contributed by atoms with E-state index in [9.17, 15) is 0 Å². The molecule has 0 bridgehead atoms. The third-order valence-corrected chi connectivity index (χ3v) is 3.66. The Balaban J connectivity index is 4.03. The second kappa shape index (κ2) is 13.3. The van der Waals surface area contributed by atoms with Crippen LogP contribution in [0.1, 0.15) is 79.1 Å². The zero-order chi connectivity index (χ0) is 16.8. The molecule has 0 aromatic heterocycles. The Hall–Kier alpha value is -1.42. The molecule has 0 aliphatic rings. The largest absolute Gasteiger partial charge is 0.196 e. The van der Waals surface area contributed by atoms with Gasteiger partial charge in [-0.15, -0.1) is 0 Å². The van der Waals surface area contributed by atoms with Gasteiger partial charge in [-0.2, -0.15) is 20.8 Å². The van der Waals surface area contributed by atoms with Crippen LogP contribution in [0.2, 0.25) is 0 Å². The third-order valence-electron chi connectivity index (χ3n) is 3.66. The maximum absolute atomic E-state index is 9.11. The van der Waals surface area contributed by atoms with Crippen molar-refractivity contribution in [2.75, 3.05) is 0 Å². The van der Waals surface area contributed by atoms with Crippen molar-refractivity contribution in [3.63, 3.8) is 0 Å². The third kappa shape index (κ3) is 12.3. The Morgan fingerprint density at radius 1 is 0.636 bits per heavy atom. The summed E-state index contributed by atoms with van der Waals surface area (Å²) in [5, 5.41) is 26.4. The molecule has 4 heteroatoms. The standard InChI is InChI=1S/C18H32N4/c1-15(2)9-5-7-11-17(13-19)21-22-18(14-20)12-8-6-10-16(3)4/h15-18H,5-12H2,1-4H3. The molecule has 0 aliphatic carbocycles. The number of nitriles is 2.